The fourth-order valence-corrected chi connectivity index (χ4v) is 6.79. The molecule has 0 bridgehead atoms. The third-order valence-corrected chi connectivity index (χ3v) is 9.81. The van der Waals surface area contributed by atoms with Gasteiger partial charge in [-0.3, -0.25) is 9.78 Å². The number of furan rings is 2. The van der Waals surface area contributed by atoms with Crippen LogP contribution in [0.2, 0.25) is 0 Å². The Hall–Kier alpha value is -4.51. The minimum atomic E-state index is 0. The topological polar surface area (TPSA) is 76.5 Å². The Morgan fingerprint density at radius 3 is 2.02 bits per heavy atom. The number of hydrogen-bond acceptors (Lipinski definition) is 5. The smallest absolute Gasteiger partial charge is 0.162 e. The quantitative estimate of drug-likeness (QED) is 0.0890. The molecule has 0 amide bonds. The fourth-order valence-electron chi connectivity index (χ4n) is 6.79. The minimum absolute atomic E-state index is 0. The van der Waals surface area contributed by atoms with E-state index < -0.39 is 0 Å². The number of nitrogens with zero attached hydrogens (tertiary/aromatic N) is 1. The summed E-state index contributed by atoms with van der Waals surface area (Å²) in [4.78, 5) is 16.5. The summed E-state index contributed by atoms with van der Waals surface area (Å²) < 4.78 is 12.7. The predicted octanol–water partition coefficient (Wildman–Crippen LogP) is 12.5. The number of benzene rings is 4. The number of carbonyl (C=O) groups excluding carboxylic acids is 1. The van der Waals surface area contributed by atoms with Crippen LogP contribution < -0.4 is 0 Å². The van der Waals surface area contributed by atoms with Crippen LogP contribution in [0.1, 0.15) is 64.5 Å². The Morgan fingerprint density at radius 2 is 1.38 bits per heavy atom. The van der Waals surface area contributed by atoms with Crippen LogP contribution in [0, 0.1) is 31.7 Å². The molecule has 4 aromatic carbocycles. The van der Waals surface area contributed by atoms with Crippen molar-refractivity contribution in [3.63, 3.8) is 0 Å². The maximum absolute atomic E-state index is 11.7. The summed E-state index contributed by atoms with van der Waals surface area (Å²) >= 11 is 0. The van der Waals surface area contributed by atoms with Gasteiger partial charge in [0.1, 0.15) is 16.9 Å². The number of para-hydroxylation sites is 2. The Bertz CT molecular complexity index is 2300. The Balaban J connectivity index is 0.000000261. The second kappa shape index (κ2) is 16.0. The number of carbonyl (C=O) groups is 1. The molecule has 0 aliphatic carbocycles. The van der Waals surface area contributed by atoms with Crippen LogP contribution in [-0.4, -0.2) is 15.9 Å². The normalized spacial score (nSPS) is 11.8. The van der Waals surface area contributed by atoms with Gasteiger partial charge in [0.15, 0.2) is 5.78 Å². The molecule has 259 valence electrons. The van der Waals surface area contributed by atoms with E-state index in [9.17, 15) is 9.90 Å². The monoisotopic (exact) mass is 843 g/mol. The third kappa shape index (κ3) is 7.06. The number of hydrogen-bond donors (Lipinski definition) is 1. The molecule has 1 radical (unpaired) electrons. The number of ketones is 1. The third-order valence-electron chi connectivity index (χ3n) is 9.81. The van der Waals surface area contributed by atoms with Gasteiger partial charge in [0, 0.05) is 71.8 Å². The molecule has 1 N–H and O–H groups in total. The van der Waals surface area contributed by atoms with Crippen molar-refractivity contribution >= 4 is 49.5 Å². The largest absolute Gasteiger partial charge is 0.512 e. The van der Waals surface area contributed by atoms with Crippen molar-refractivity contribution in [3.8, 4) is 22.6 Å². The number of fused-ring (bicyclic) bond motifs is 6. The Morgan fingerprint density at radius 1 is 0.800 bits per heavy atom. The van der Waals surface area contributed by atoms with Crippen LogP contribution >= 0.6 is 0 Å². The molecule has 6 heteroatoms. The average molecular weight is 843 g/mol. The van der Waals surface area contributed by atoms with Crippen molar-refractivity contribution in [2.75, 3.05) is 0 Å². The molecule has 0 unspecified atom stereocenters. The van der Waals surface area contributed by atoms with E-state index >= 15 is 0 Å². The van der Waals surface area contributed by atoms with E-state index in [2.05, 4.69) is 62.4 Å². The summed E-state index contributed by atoms with van der Waals surface area (Å²) in [6.45, 7) is 12.3. The molecule has 0 fully saturated rings. The van der Waals surface area contributed by atoms with E-state index in [-0.39, 0.29) is 43.5 Å². The van der Waals surface area contributed by atoms with Crippen LogP contribution in [0.3, 0.4) is 0 Å². The van der Waals surface area contributed by atoms with Crippen LogP contribution in [0.15, 0.2) is 106 Å². The summed E-state index contributed by atoms with van der Waals surface area (Å²) in [7, 11) is 0. The molecule has 0 aliphatic rings. The first-order chi connectivity index (χ1) is 23.8. The molecule has 0 aliphatic heterocycles. The first-order valence-corrected chi connectivity index (χ1v) is 17.4. The number of aryl methyl sites for hydroxylation is 2. The number of allylic oxidation sites excluding steroid dienone is 2. The van der Waals surface area contributed by atoms with E-state index in [1.54, 1.807) is 0 Å². The van der Waals surface area contributed by atoms with Gasteiger partial charge < -0.3 is 13.9 Å². The van der Waals surface area contributed by atoms with Crippen molar-refractivity contribution in [1.82, 2.24) is 4.98 Å². The molecule has 0 saturated heterocycles. The van der Waals surface area contributed by atoms with Gasteiger partial charge in [-0.05, 0) is 62.6 Å². The Labute approximate surface area is 307 Å². The summed E-state index contributed by atoms with van der Waals surface area (Å²) in [5.74, 6) is 1.43. The van der Waals surface area contributed by atoms with Crippen LogP contribution in [0.4, 0.5) is 0 Å². The standard InChI is InChI=1S/C31H20NO2.C13H24O2.Ir/c1-18-17-32-26(16-24(18)30-19(2)21-10-5-7-13-27(21)33-30)25-15-20-9-3-4-11-22(20)29-23-12-6-8-14-28(23)34-31(25)29;1-5-10(6-2)12(14)9-13(15)11(7-3)8-4;/h3-14,16-17H,1-2H3;9-11,14H,5-8H2,1-4H3;/q-1;;/b;12-9-;. The zero-order valence-corrected chi connectivity index (χ0v) is 32.0. The maximum Gasteiger partial charge on any atom is 0.162 e. The second-order valence-electron chi connectivity index (χ2n) is 12.8. The van der Waals surface area contributed by atoms with E-state index in [4.69, 9.17) is 13.8 Å². The van der Waals surface area contributed by atoms with E-state index in [1.165, 1.54) is 6.08 Å². The first kappa shape index (κ1) is 36.8. The van der Waals surface area contributed by atoms with Crippen molar-refractivity contribution in [3.05, 3.63) is 114 Å². The van der Waals surface area contributed by atoms with Gasteiger partial charge in [0.05, 0.1) is 11.3 Å². The van der Waals surface area contributed by atoms with E-state index in [1.807, 2.05) is 70.3 Å². The van der Waals surface area contributed by atoms with Crippen LogP contribution in [-0.2, 0) is 24.9 Å². The molecular weight excluding hydrogens is 799 g/mol. The summed E-state index contributed by atoms with van der Waals surface area (Å²) in [6.07, 6.45) is 6.82. The Kier molecular flexibility index (Phi) is 11.8. The summed E-state index contributed by atoms with van der Waals surface area (Å²) in [6, 6.07) is 30.4. The van der Waals surface area contributed by atoms with Gasteiger partial charge in [-0.25, -0.2) is 0 Å². The summed E-state index contributed by atoms with van der Waals surface area (Å²) in [5, 5.41) is 15.3. The van der Waals surface area contributed by atoms with Gasteiger partial charge in [-0.2, -0.15) is 0 Å². The van der Waals surface area contributed by atoms with Gasteiger partial charge in [-0.15, -0.1) is 17.5 Å². The minimum Gasteiger partial charge on any atom is -0.512 e. The van der Waals surface area contributed by atoms with Gasteiger partial charge in [0.2, 0.25) is 0 Å². The molecule has 0 saturated carbocycles. The van der Waals surface area contributed by atoms with Crippen molar-refractivity contribution in [2.24, 2.45) is 11.8 Å². The first-order valence-electron chi connectivity index (χ1n) is 17.4. The number of aliphatic hydroxyl groups excluding tert-OH is 1. The van der Waals surface area contributed by atoms with Crippen LogP contribution in [0.5, 0.6) is 0 Å². The SMILES string of the molecule is CCC(CC)C(=O)/C=C(\O)C(CC)CC.Cc1cnc(-c2[c-]c3ccccc3c3c2oc2ccccc23)cc1-c1oc2ccccc2c1C.[Ir]. The molecule has 3 heterocycles. The van der Waals surface area contributed by atoms with Gasteiger partial charge in [0.25, 0.3) is 0 Å². The average Bonchev–Trinajstić information content (AvgIpc) is 3.68. The number of aromatic nitrogens is 1. The van der Waals surface area contributed by atoms with E-state index in [0.29, 0.717) is 0 Å². The van der Waals surface area contributed by atoms with E-state index in [0.717, 1.165) is 103 Å². The predicted molar refractivity (Wildman–Crippen MR) is 202 cm³/mol. The summed E-state index contributed by atoms with van der Waals surface area (Å²) in [5.41, 5.74) is 7.47. The second-order valence-corrected chi connectivity index (χ2v) is 12.8. The molecule has 0 spiro atoms. The number of rotatable bonds is 9. The molecular formula is C44H44IrNO4-. The van der Waals surface area contributed by atoms with Gasteiger partial charge >= 0.3 is 0 Å². The van der Waals surface area contributed by atoms with Gasteiger partial charge in [-0.1, -0.05) is 99.3 Å². The molecule has 50 heavy (non-hydrogen) atoms. The molecule has 7 aromatic rings. The van der Waals surface area contributed by atoms with Crippen molar-refractivity contribution in [2.45, 2.75) is 67.2 Å². The zero-order chi connectivity index (χ0) is 34.7. The molecule has 7 rings (SSSR count). The molecule has 0 atom stereocenters. The fraction of sp³-hybridized carbons (Fsp3) is 0.273. The van der Waals surface area contributed by atoms with Crippen LogP contribution in [0.25, 0.3) is 66.3 Å². The number of aliphatic hydroxyl groups is 1. The maximum atomic E-state index is 11.7. The van der Waals surface area contributed by atoms with Crippen molar-refractivity contribution < 1.29 is 38.8 Å². The van der Waals surface area contributed by atoms with Crippen molar-refractivity contribution in [1.29, 1.82) is 0 Å². The molecule has 5 nitrogen and oxygen atoms in total. The molecule has 3 aromatic heterocycles. The zero-order valence-electron chi connectivity index (χ0n) is 29.6. The number of pyridine rings is 1.